The van der Waals surface area contributed by atoms with Gasteiger partial charge in [-0.3, -0.25) is 9.59 Å². The number of carbonyl (C=O) groups excluding carboxylic acids is 1. The minimum absolute atomic E-state index is 0.165. The Kier molecular flexibility index (Phi) is 3.99. The molecule has 0 spiro atoms. The highest BCUT2D eigenvalue weighted by molar-refractivity contribution is 7.14. The van der Waals surface area contributed by atoms with Gasteiger partial charge in [0.2, 0.25) is 0 Å². The van der Waals surface area contributed by atoms with Crippen LogP contribution in [0.15, 0.2) is 6.07 Å². The highest BCUT2D eigenvalue weighted by atomic mass is 32.1. The van der Waals surface area contributed by atoms with Gasteiger partial charge in [0.1, 0.15) is 5.92 Å². The highest BCUT2D eigenvalue weighted by Crippen LogP contribution is 2.32. The third-order valence-electron chi connectivity index (χ3n) is 4.27. The Morgan fingerprint density at radius 1 is 1.43 bits per heavy atom. The summed E-state index contributed by atoms with van der Waals surface area (Å²) in [5, 5.41) is 11.9. The quantitative estimate of drug-likeness (QED) is 0.891. The van der Waals surface area contributed by atoms with E-state index in [1.807, 2.05) is 6.07 Å². The van der Waals surface area contributed by atoms with Crippen molar-refractivity contribution in [2.75, 3.05) is 13.2 Å². The summed E-state index contributed by atoms with van der Waals surface area (Å²) >= 11 is 1.54. The number of carboxylic acid groups (broad SMARTS) is 1. The number of hydrogen-bond donors (Lipinski definition) is 2. The van der Waals surface area contributed by atoms with E-state index in [1.165, 1.54) is 28.2 Å². The van der Waals surface area contributed by atoms with E-state index in [2.05, 4.69) is 12.2 Å². The molecule has 6 heteroatoms. The van der Waals surface area contributed by atoms with Crippen molar-refractivity contribution in [1.29, 1.82) is 0 Å². The molecule has 5 nitrogen and oxygen atoms in total. The molecule has 3 atom stereocenters. The number of fused-ring (bicyclic) bond motifs is 1. The lowest BCUT2D eigenvalue weighted by Gasteiger charge is -2.16. The molecule has 2 heterocycles. The Morgan fingerprint density at radius 3 is 3.00 bits per heavy atom. The maximum atomic E-state index is 12.3. The fourth-order valence-corrected chi connectivity index (χ4v) is 4.11. The van der Waals surface area contributed by atoms with Crippen LogP contribution in [-0.4, -0.2) is 36.2 Å². The number of carboxylic acids is 1. The van der Waals surface area contributed by atoms with Gasteiger partial charge in [-0.25, -0.2) is 0 Å². The van der Waals surface area contributed by atoms with Gasteiger partial charge in [-0.2, -0.15) is 0 Å². The minimum atomic E-state index is -0.919. The third kappa shape index (κ3) is 2.96. The van der Waals surface area contributed by atoms with Crippen molar-refractivity contribution in [2.45, 2.75) is 32.2 Å². The van der Waals surface area contributed by atoms with Crippen LogP contribution in [0.2, 0.25) is 0 Å². The Hall–Kier alpha value is -1.40. The van der Waals surface area contributed by atoms with Crippen LogP contribution in [0.25, 0.3) is 0 Å². The van der Waals surface area contributed by atoms with Gasteiger partial charge >= 0.3 is 5.97 Å². The van der Waals surface area contributed by atoms with E-state index in [0.717, 1.165) is 12.8 Å². The second-order valence-corrected chi connectivity index (χ2v) is 7.11. The molecule has 1 aliphatic carbocycles. The molecular formula is C15H19NO4S. The molecule has 0 saturated carbocycles. The molecule has 0 aromatic carbocycles. The predicted molar refractivity (Wildman–Crippen MR) is 78.7 cm³/mol. The minimum Gasteiger partial charge on any atom is -0.481 e. The lowest BCUT2D eigenvalue weighted by atomic mass is 9.90. The lowest BCUT2D eigenvalue weighted by Crippen LogP contribution is -2.42. The molecule has 21 heavy (non-hydrogen) atoms. The summed E-state index contributed by atoms with van der Waals surface area (Å²) in [5.41, 5.74) is 1.28. The summed E-state index contributed by atoms with van der Waals surface area (Å²) in [5.74, 6) is -1.08. The molecule has 1 aromatic heterocycles. The number of nitrogens with one attached hydrogen (secondary N) is 1. The van der Waals surface area contributed by atoms with Crippen LogP contribution < -0.4 is 5.32 Å². The largest absolute Gasteiger partial charge is 0.481 e. The summed E-state index contributed by atoms with van der Waals surface area (Å²) in [6, 6.07) is 1.53. The molecular weight excluding hydrogens is 290 g/mol. The summed E-state index contributed by atoms with van der Waals surface area (Å²) in [6.45, 7) is 2.66. The fraction of sp³-hybridized carbons (Fsp3) is 0.600. The van der Waals surface area contributed by atoms with Gasteiger partial charge in [-0.15, -0.1) is 11.3 Å². The van der Waals surface area contributed by atoms with Crippen molar-refractivity contribution in [1.82, 2.24) is 5.32 Å². The van der Waals surface area contributed by atoms with E-state index < -0.39 is 17.9 Å². The summed E-state index contributed by atoms with van der Waals surface area (Å²) in [4.78, 5) is 25.4. The van der Waals surface area contributed by atoms with Crippen molar-refractivity contribution in [2.24, 2.45) is 11.8 Å². The van der Waals surface area contributed by atoms with E-state index in [1.54, 1.807) is 0 Å². The fourth-order valence-electron chi connectivity index (χ4n) is 3.00. The smallest absolute Gasteiger partial charge is 0.311 e. The molecule has 1 saturated heterocycles. The van der Waals surface area contributed by atoms with Crippen LogP contribution in [0.1, 0.15) is 33.5 Å². The Balaban J connectivity index is 1.70. The first kappa shape index (κ1) is 14.5. The Bertz CT molecular complexity index is 568. The molecule has 3 rings (SSSR count). The Morgan fingerprint density at radius 2 is 2.24 bits per heavy atom. The van der Waals surface area contributed by atoms with Gasteiger partial charge in [0.25, 0.3) is 5.91 Å². The van der Waals surface area contributed by atoms with Gasteiger partial charge in [-0.05, 0) is 36.8 Å². The molecule has 0 bridgehead atoms. The average Bonchev–Trinajstić information content (AvgIpc) is 3.04. The molecule has 2 aliphatic rings. The topological polar surface area (TPSA) is 75.6 Å². The number of ether oxygens (including phenoxy) is 1. The average molecular weight is 309 g/mol. The SMILES string of the molecule is CC1CCc2sc(C(=O)NC3COCC3C(=O)O)cc2C1. The molecule has 3 unspecified atom stereocenters. The van der Waals surface area contributed by atoms with Crippen molar-refractivity contribution in [3.05, 3.63) is 21.4 Å². The number of amides is 1. The van der Waals surface area contributed by atoms with E-state index in [4.69, 9.17) is 9.84 Å². The van der Waals surface area contributed by atoms with Crippen LogP contribution in [0.4, 0.5) is 0 Å². The number of aryl methyl sites for hydroxylation is 1. The van der Waals surface area contributed by atoms with E-state index in [9.17, 15) is 9.59 Å². The zero-order chi connectivity index (χ0) is 15.0. The predicted octanol–water partition coefficient (Wildman–Crippen LogP) is 1.70. The van der Waals surface area contributed by atoms with E-state index >= 15 is 0 Å². The second kappa shape index (κ2) is 5.77. The Labute approximate surface area is 127 Å². The standard InChI is InChI=1S/C15H19NO4S/c1-8-2-3-12-9(4-8)5-13(21-12)14(17)16-11-7-20-6-10(11)15(18)19/h5,8,10-11H,2-4,6-7H2,1H3,(H,16,17)(H,18,19). The molecule has 1 aromatic rings. The molecule has 1 amide bonds. The van der Waals surface area contributed by atoms with Crippen molar-refractivity contribution in [3.63, 3.8) is 0 Å². The number of thiophene rings is 1. The zero-order valence-corrected chi connectivity index (χ0v) is 12.7. The third-order valence-corrected chi connectivity index (χ3v) is 5.50. The molecule has 2 N–H and O–H groups in total. The normalized spacial score (nSPS) is 28.1. The number of aliphatic carboxylic acids is 1. The maximum Gasteiger partial charge on any atom is 0.311 e. The van der Waals surface area contributed by atoms with E-state index in [-0.39, 0.29) is 19.1 Å². The van der Waals surface area contributed by atoms with Crippen LogP contribution >= 0.6 is 11.3 Å². The first-order valence-electron chi connectivity index (χ1n) is 7.27. The summed E-state index contributed by atoms with van der Waals surface area (Å²) in [6.07, 6.45) is 3.24. The lowest BCUT2D eigenvalue weighted by molar-refractivity contribution is -0.142. The maximum absolute atomic E-state index is 12.3. The van der Waals surface area contributed by atoms with Crippen LogP contribution in [0.3, 0.4) is 0 Å². The summed E-state index contributed by atoms with van der Waals surface area (Å²) in [7, 11) is 0. The zero-order valence-electron chi connectivity index (χ0n) is 11.9. The van der Waals surface area contributed by atoms with Gasteiger partial charge < -0.3 is 15.2 Å². The number of hydrogen-bond acceptors (Lipinski definition) is 4. The van der Waals surface area contributed by atoms with Crippen LogP contribution in [-0.2, 0) is 22.4 Å². The monoisotopic (exact) mass is 309 g/mol. The molecule has 0 radical (unpaired) electrons. The van der Waals surface area contributed by atoms with Gasteiger partial charge in [0, 0.05) is 4.88 Å². The van der Waals surface area contributed by atoms with Crippen molar-refractivity contribution < 1.29 is 19.4 Å². The van der Waals surface area contributed by atoms with Crippen molar-refractivity contribution >= 4 is 23.2 Å². The van der Waals surface area contributed by atoms with Crippen LogP contribution in [0.5, 0.6) is 0 Å². The summed E-state index contributed by atoms with van der Waals surface area (Å²) < 4.78 is 5.17. The molecule has 114 valence electrons. The van der Waals surface area contributed by atoms with Gasteiger partial charge in [0.05, 0.1) is 24.1 Å². The first-order chi connectivity index (χ1) is 10.0. The highest BCUT2D eigenvalue weighted by Gasteiger charge is 2.35. The van der Waals surface area contributed by atoms with Crippen LogP contribution in [0, 0.1) is 11.8 Å². The number of rotatable bonds is 3. The van der Waals surface area contributed by atoms with Crippen molar-refractivity contribution in [3.8, 4) is 0 Å². The number of carbonyl (C=O) groups is 2. The molecule has 1 aliphatic heterocycles. The first-order valence-corrected chi connectivity index (χ1v) is 8.09. The van der Waals surface area contributed by atoms with Gasteiger partial charge in [-0.1, -0.05) is 6.92 Å². The van der Waals surface area contributed by atoms with Gasteiger partial charge in [0.15, 0.2) is 0 Å². The second-order valence-electron chi connectivity index (χ2n) is 5.97. The molecule has 1 fully saturated rings. The van der Waals surface area contributed by atoms with E-state index in [0.29, 0.717) is 10.8 Å².